The highest BCUT2D eigenvalue weighted by atomic mass is 16.3. The van der Waals surface area contributed by atoms with Crippen molar-refractivity contribution in [2.75, 3.05) is 6.61 Å². The van der Waals surface area contributed by atoms with Crippen LogP contribution in [-0.2, 0) is 9.59 Å². The molecule has 0 aromatic rings. The van der Waals surface area contributed by atoms with Gasteiger partial charge in [-0.1, -0.05) is 31.8 Å². The van der Waals surface area contributed by atoms with Gasteiger partial charge in [-0.05, 0) is 19.3 Å². The van der Waals surface area contributed by atoms with Crippen molar-refractivity contribution in [2.24, 2.45) is 11.5 Å². The van der Waals surface area contributed by atoms with Gasteiger partial charge in [0.05, 0.1) is 0 Å². The molecule has 0 fully saturated rings. The molecular formula is C14H26N2O3. The number of hydrogen-bond acceptors (Lipinski definition) is 3. The summed E-state index contributed by atoms with van der Waals surface area (Å²) < 4.78 is 0. The molecule has 0 aromatic heterocycles. The monoisotopic (exact) mass is 270 g/mol. The summed E-state index contributed by atoms with van der Waals surface area (Å²) in [4.78, 5) is 21.5. The Labute approximate surface area is 115 Å². The maximum absolute atomic E-state index is 11.0. The first kappa shape index (κ1) is 17.6. The normalized spacial score (nSPS) is 11.5. The lowest BCUT2D eigenvalue weighted by molar-refractivity contribution is -0.118. The molecule has 0 atom stereocenters. The van der Waals surface area contributed by atoms with Gasteiger partial charge < -0.3 is 16.6 Å². The summed E-state index contributed by atoms with van der Waals surface area (Å²) in [6, 6.07) is 0. The summed E-state index contributed by atoms with van der Waals surface area (Å²) in [5, 5.41) is 8.77. The van der Waals surface area contributed by atoms with Crippen molar-refractivity contribution < 1.29 is 14.7 Å². The van der Waals surface area contributed by atoms with Crippen LogP contribution in [0.3, 0.4) is 0 Å². The molecule has 5 nitrogen and oxygen atoms in total. The molecule has 0 aromatic carbocycles. The molecule has 0 bridgehead atoms. The quantitative estimate of drug-likeness (QED) is 0.368. The summed E-state index contributed by atoms with van der Waals surface area (Å²) >= 11 is 0. The van der Waals surface area contributed by atoms with Crippen LogP contribution in [0.4, 0.5) is 0 Å². The van der Waals surface area contributed by atoms with Gasteiger partial charge in [-0.25, -0.2) is 0 Å². The fraction of sp³-hybridized carbons (Fsp3) is 0.714. The van der Waals surface area contributed by atoms with E-state index in [1.54, 1.807) is 0 Å². The molecule has 0 saturated carbocycles. The van der Waals surface area contributed by atoms with Crippen LogP contribution >= 0.6 is 0 Å². The number of carbonyl (C=O) groups excluding carboxylic acids is 2. The molecule has 0 spiro atoms. The van der Waals surface area contributed by atoms with E-state index in [4.69, 9.17) is 16.6 Å². The standard InChI is InChI=1S/C14H26N2O3/c15-13(18)9-7-5-3-1-2-4-6-8-12(10-11-17)14(16)19/h8,17H,1-7,9-11H2,(H2,15,18)(H2,16,19)/b12-8+. The number of primary amides is 2. The van der Waals surface area contributed by atoms with Crippen molar-refractivity contribution in [3.63, 3.8) is 0 Å². The van der Waals surface area contributed by atoms with Gasteiger partial charge in [0.2, 0.25) is 11.8 Å². The molecule has 0 unspecified atom stereocenters. The van der Waals surface area contributed by atoms with Crippen molar-refractivity contribution in [1.29, 1.82) is 0 Å². The molecule has 0 heterocycles. The number of unbranched alkanes of at least 4 members (excludes halogenated alkanes) is 6. The zero-order valence-electron chi connectivity index (χ0n) is 11.6. The number of aliphatic hydroxyl groups is 1. The van der Waals surface area contributed by atoms with Gasteiger partial charge in [0.1, 0.15) is 0 Å². The Kier molecular flexibility index (Phi) is 10.9. The SMILES string of the molecule is NC(=O)CCCCCCCC/C=C(\CCO)C(N)=O. The minimum absolute atomic E-state index is 0.0470. The molecule has 5 heteroatoms. The maximum Gasteiger partial charge on any atom is 0.244 e. The first-order chi connectivity index (χ1) is 9.07. The molecule has 0 saturated heterocycles. The van der Waals surface area contributed by atoms with E-state index in [1.807, 2.05) is 6.08 Å². The third-order valence-electron chi connectivity index (χ3n) is 2.97. The molecule has 0 radical (unpaired) electrons. The molecule has 0 aliphatic carbocycles. The van der Waals surface area contributed by atoms with Gasteiger partial charge in [-0.3, -0.25) is 9.59 Å². The zero-order valence-corrected chi connectivity index (χ0v) is 11.6. The van der Waals surface area contributed by atoms with E-state index in [2.05, 4.69) is 0 Å². The second kappa shape index (κ2) is 11.7. The predicted octanol–water partition coefficient (Wildman–Crippen LogP) is 1.39. The molecule has 0 aliphatic rings. The molecular weight excluding hydrogens is 244 g/mol. The maximum atomic E-state index is 11.0. The van der Waals surface area contributed by atoms with E-state index in [0.717, 1.165) is 44.9 Å². The Bertz CT molecular complexity index is 301. The van der Waals surface area contributed by atoms with Crippen LogP contribution in [-0.4, -0.2) is 23.5 Å². The van der Waals surface area contributed by atoms with Gasteiger partial charge in [0.25, 0.3) is 0 Å². The second-order valence-corrected chi connectivity index (χ2v) is 4.69. The number of allylic oxidation sites excluding steroid dienone is 1. The molecule has 0 rings (SSSR count). The van der Waals surface area contributed by atoms with Crippen molar-refractivity contribution >= 4 is 11.8 Å². The van der Waals surface area contributed by atoms with Crippen molar-refractivity contribution in [2.45, 2.75) is 57.8 Å². The number of carbonyl (C=O) groups is 2. The third-order valence-corrected chi connectivity index (χ3v) is 2.97. The van der Waals surface area contributed by atoms with Crippen molar-refractivity contribution in [3.05, 3.63) is 11.6 Å². The lowest BCUT2D eigenvalue weighted by Crippen LogP contribution is -2.14. The Morgan fingerprint density at radius 1 is 0.895 bits per heavy atom. The molecule has 110 valence electrons. The second-order valence-electron chi connectivity index (χ2n) is 4.69. The van der Waals surface area contributed by atoms with Gasteiger partial charge in [-0.2, -0.15) is 0 Å². The highest BCUT2D eigenvalue weighted by molar-refractivity contribution is 5.91. The predicted molar refractivity (Wildman–Crippen MR) is 75.1 cm³/mol. The highest BCUT2D eigenvalue weighted by Gasteiger charge is 2.02. The number of amides is 2. The smallest absolute Gasteiger partial charge is 0.244 e. The van der Waals surface area contributed by atoms with Gasteiger partial charge in [0, 0.05) is 25.0 Å². The Hall–Kier alpha value is -1.36. The minimum Gasteiger partial charge on any atom is -0.396 e. The van der Waals surface area contributed by atoms with Crippen LogP contribution in [0.5, 0.6) is 0 Å². The fourth-order valence-electron chi connectivity index (χ4n) is 1.87. The number of rotatable bonds is 12. The lowest BCUT2D eigenvalue weighted by Gasteiger charge is -2.02. The number of nitrogens with two attached hydrogens (primary N) is 2. The molecule has 2 amide bonds. The fourth-order valence-corrected chi connectivity index (χ4v) is 1.87. The van der Waals surface area contributed by atoms with E-state index in [0.29, 0.717) is 18.4 Å². The molecule has 0 aliphatic heterocycles. The first-order valence-electron chi connectivity index (χ1n) is 6.96. The van der Waals surface area contributed by atoms with Gasteiger partial charge in [-0.15, -0.1) is 0 Å². The largest absolute Gasteiger partial charge is 0.396 e. The number of aliphatic hydroxyl groups excluding tert-OH is 1. The van der Waals surface area contributed by atoms with E-state index in [-0.39, 0.29) is 12.5 Å². The summed E-state index contributed by atoms with van der Waals surface area (Å²) in [6.45, 7) is -0.0470. The van der Waals surface area contributed by atoms with Crippen LogP contribution in [0.25, 0.3) is 0 Å². The van der Waals surface area contributed by atoms with Crippen molar-refractivity contribution in [1.82, 2.24) is 0 Å². The molecule has 5 N–H and O–H groups in total. The Morgan fingerprint density at radius 3 is 2.00 bits per heavy atom. The van der Waals surface area contributed by atoms with Crippen LogP contribution in [0.2, 0.25) is 0 Å². The Morgan fingerprint density at radius 2 is 1.47 bits per heavy atom. The van der Waals surface area contributed by atoms with Crippen LogP contribution in [0.1, 0.15) is 57.8 Å². The third kappa shape index (κ3) is 11.5. The van der Waals surface area contributed by atoms with Crippen LogP contribution in [0, 0.1) is 0 Å². The van der Waals surface area contributed by atoms with Gasteiger partial charge >= 0.3 is 0 Å². The van der Waals surface area contributed by atoms with E-state index in [9.17, 15) is 9.59 Å². The minimum atomic E-state index is -0.444. The van der Waals surface area contributed by atoms with E-state index < -0.39 is 5.91 Å². The van der Waals surface area contributed by atoms with Gasteiger partial charge in [0.15, 0.2) is 0 Å². The summed E-state index contributed by atoms with van der Waals surface area (Å²) in [6.07, 6.45) is 9.71. The van der Waals surface area contributed by atoms with Crippen LogP contribution < -0.4 is 11.5 Å². The van der Waals surface area contributed by atoms with Crippen molar-refractivity contribution in [3.8, 4) is 0 Å². The average molecular weight is 270 g/mol. The van der Waals surface area contributed by atoms with Crippen LogP contribution in [0.15, 0.2) is 11.6 Å². The summed E-state index contributed by atoms with van der Waals surface area (Å²) in [5.74, 6) is -0.673. The summed E-state index contributed by atoms with van der Waals surface area (Å²) in [5.41, 5.74) is 10.8. The Balaban J connectivity index is 3.50. The topological polar surface area (TPSA) is 106 Å². The zero-order chi connectivity index (χ0) is 14.5. The van der Waals surface area contributed by atoms with E-state index >= 15 is 0 Å². The van der Waals surface area contributed by atoms with E-state index in [1.165, 1.54) is 0 Å². The lowest BCUT2D eigenvalue weighted by atomic mass is 10.1. The first-order valence-corrected chi connectivity index (χ1v) is 6.96. The number of hydrogen-bond donors (Lipinski definition) is 3. The molecule has 19 heavy (non-hydrogen) atoms. The summed E-state index contributed by atoms with van der Waals surface area (Å²) in [7, 11) is 0. The average Bonchev–Trinajstić information content (AvgIpc) is 2.34. The highest BCUT2D eigenvalue weighted by Crippen LogP contribution is 2.10.